The van der Waals surface area contributed by atoms with Gasteiger partial charge in [-0.1, -0.05) is 90.5 Å². The van der Waals surface area contributed by atoms with Crippen LogP contribution in [0.15, 0.2) is 126 Å². The number of ether oxygens (including phenoxy) is 1. The molecule has 16 nitrogen and oxygen atoms in total. The molecule has 18 heteroatoms. The smallest absolute Gasteiger partial charge is 0.355 e. The summed E-state index contributed by atoms with van der Waals surface area (Å²) in [6.07, 6.45) is 0.910. The van der Waals surface area contributed by atoms with Gasteiger partial charge in [-0.25, -0.2) is 9.59 Å². The number of imide groups is 1. The molecule has 0 bridgehead atoms. The Balaban J connectivity index is 0.000000477. The minimum Gasteiger partial charge on any atom is -0.448 e. The molecular weight excluding hydrogens is 813 g/mol. The zero-order chi connectivity index (χ0) is 43.1. The van der Waals surface area contributed by atoms with Crippen molar-refractivity contribution in [2.75, 3.05) is 31.1 Å². The topological polar surface area (TPSA) is 226 Å². The van der Waals surface area contributed by atoms with Crippen molar-refractivity contribution >= 4 is 63.2 Å². The van der Waals surface area contributed by atoms with Crippen molar-refractivity contribution in [3.8, 4) is 0 Å². The Morgan fingerprint density at radius 2 is 1.45 bits per heavy atom. The van der Waals surface area contributed by atoms with Gasteiger partial charge in [0, 0.05) is 31.1 Å². The summed E-state index contributed by atoms with van der Waals surface area (Å²) >= 11 is 1.36. The second kappa shape index (κ2) is 18.6. The first-order chi connectivity index (χ1) is 28.7. The number of aryl methyl sites for hydroxylation is 1. The number of β-lactam (4-membered cyclic amide) rings is 1. The van der Waals surface area contributed by atoms with Crippen LogP contribution in [0.3, 0.4) is 0 Å². The van der Waals surface area contributed by atoms with E-state index in [0.717, 1.165) is 21.6 Å². The SMILES string of the molecule is CCN1CCN(C(=O)N[C@@H](C(=O)N[C@@H]2C(=O)N3C(C(=O)OC(c4ccccc4)c4ccccc4)=CCS[C@@H]23)c2ccc(N)cc2)C(=O)C1=O.Cc1ccc(S(=O)(=O)O)cc1. The molecule has 3 aliphatic heterocycles. The number of carbonyl (C=O) groups excluding carboxylic acids is 6. The van der Waals surface area contributed by atoms with Gasteiger partial charge in [-0.05, 0) is 60.9 Å². The molecule has 5 N–H and O–H groups in total. The number of nitrogen functional groups attached to an aromatic ring is 1. The lowest BCUT2D eigenvalue weighted by Crippen LogP contribution is -2.71. The van der Waals surface area contributed by atoms with Crippen LogP contribution in [0.1, 0.15) is 41.3 Å². The van der Waals surface area contributed by atoms with Gasteiger partial charge in [0.05, 0.1) is 4.90 Å². The highest BCUT2D eigenvalue weighted by Gasteiger charge is 2.53. The van der Waals surface area contributed by atoms with Crippen LogP contribution in [0, 0.1) is 6.92 Å². The molecule has 2 saturated heterocycles. The number of likely N-dealkylation sites (N-methyl/N-ethyl adjacent to an activating group) is 1. The number of carbonyl (C=O) groups is 6. The maximum atomic E-state index is 13.8. The van der Waals surface area contributed by atoms with Gasteiger partial charge >= 0.3 is 23.8 Å². The lowest BCUT2D eigenvalue weighted by atomic mass is 10.0. The third kappa shape index (κ3) is 9.68. The van der Waals surface area contributed by atoms with Crippen LogP contribution in [0.4, 0.5) is 10.5 Å². The van der Waals surface area contributed by atoms with Crippen molar-refractivity contribution in [3.63, 3.8) is 0 Å². The summed E-state index contributed by atoms with van der Waals surface area (Å²) in [6, 6.07) is 27.4. The van der Waals surface area contributed by atoms with E-state index in [-0.39, 0.29) is 23.7 Å². The molecule has 4 aromatic rings. The third-order valence-corrected chi connectivity index (χ3v) is 11.9. The second-order valence-corrected chi connectivity index (χ2v) is 16.4. The molecule has 6 amide bonds. The largest absolute Gasteiger partial charge is 0.448 e. The fourth-order valence-electron chi connectivity index (χ4n) is 6.59. The Hall–Kier alpha value is -6.50. The zero-order valence-corrected chi connectivity index (χ0v) is 34.1. The van der Waals surface area contributed by atoms with Crippen LogP contribution in [-0.4, -0.2) is 100 Å². The summed E-state index contributed by atoms with van der Waals surface area (Å²) in [5.74, 6) is -3.37. The molecular formula is C42H42N6O10S2. The highest BCUT2D eigenvalue weighted by atomic mass is 32.2. The molecule has 0 aromatic heterocycles. The van der Waals surface area contributed by atoms with Crippen LogP contribution in [0.5, 0.6) is 0 Å². The Labute approximate surface area is 350 Å². The van der Waals surface area contributed by atoms with Crippen molar-refractivity contribution < 1.29 is 46.5 Å². The monoisotopic (exact) mass is 854 g/mol. The highest BCUT2D eigenvalue weighted by molar-refractivity contribution is 8.00. The van der Waals surface area contributed by atoms with E-state index >= 15 is 0 Å². The Bertz CT molecular complexity index is 2360. The van der Waals surface area contributed by atoms with E-state index in [1.807, 2.05) is 67.6 Å². The zero-order valence-electron chi connectivity index (χ0n) is 32.5. The third-order valence-electron chi connectivity index (χ3n) is 9.84. The number of rotatable bonds is 10. The molecule has 4 aromatic carbocycles. The second-order valence-electron chi connectivity index (χ2n) is 13.8. The Morgan fingerprint density at radius 3 is 2.02 bits per heavy atom. The molecule has 3 aliphatic rings. The average molecular weight is 855 g/mol. The summed E-state index contributed by atoms with van der Waals surface area (Å²) in [5.41, 5.74) is 9.15. The number of nitrogens with one attached hydrogen (secondary N) is 2. The number of urea groups is 1. The van der Waals surface area contributed by atoms with Gasteiger partial charge in [0.1, 0.15) is 23.2 Å². The van der Waals surface area contributed by atoms with Crippen LogP contribution in [0.2, 0.25) is 0 Å². The van der Waals surface area contributed by atoms with Crippen LogP contribution in [-0.2, 0) is 38.8 Å². The van der Waals surface area contributed by atoms with Gasteiger partial charge in [0.2, 0.25) is 5.91 Å². The van der Waals surface area contributed by atoms with Crippen molar-refractivity contribution in [2.24, 2.45) is 0 Å². The van der Waals surface area contributed by atoms with Gasteiger partial charge in [-0.15, -0.1) is 11.8 Å². The van der Waals surface area contributed by atoms with E-state index in [4.69, 9.17) is 15.0 Å². The predicted molar refractivity (Wildman–Crippen MR) is 221 cm³/mol. The van der Waals surface area contributed by atoms with E-state index in [0.29, 0.717) is 23.5 Å². The van der Waals surface area contributed by atoms with Crippen molar-refractivity contribution in [1.29, 1.82) is 0 Å². The molecule has 312 valence electrons. The first kappa shape index (κ1) is 43.1. The number of anilines is 1. The Morgan fingerprint density at radius 1 is 0.850 bits per heavy atom. The van der Waals surface area contributed by atoms with Crippen LogP contribution in [0.25, 0.3) is 0 Å². The van der Waals surface area contributed by atoms with Crippen molar-refractivity contribution in [3.05, 3.63) is 143 Å². The fourth-order valence-corrected chi connectivity index (χ4v) is 8.26. The molecule has 3 atom stereocenters. The number of nitrogens with two attached hydrogens (primary N) is 1. The van der Waals surface area contributed by atoms with Gasteiger partial charge in [-0.3, -0.25) is 33.5 Å². The highest BCUT2D eigenvalue weighted by Crippen LogP contribution is 2.39. The number of nitrogens with zero attached hydrogens (tertiary/aromatic N) is 3. The summed E-state index contributed by atoms with van der Waals surface area (Å²) in [6.45, 7) is 4.00. The number of piperazine rings is 1. The normalized spacial score (nSPS) is 18.0. The summed E-state index contributed by atoms with van der Waals surface area (Å²) in [7, 11) is -4.02. The summed E-state index contributed by atoms with van der Waals surface area (Å²) in [4.78, 5) is 82.6. The van der Waals surface area contributed by atoms with E-state index in [9.17, 15) is 37.2 Å². The molecule has 0 saturated carbocycles. The molecule has 0 aliphatic carbocycles. The van der Waals surface area contributed by atoms with E-state index in [2.05, 4.69) is 10.6 Å². The number of thioether (sulfide) groups is 1. The van der Waals surface area contributed by atoms with Gasteiger partial charge in [0.25, 0.3) is 16.0 Å². The van der Waals surface area contributed by atoms with E-state index in [1.54, 1.807) is 49.4 Å². The van der Waals surface area contributed by atoms with Crippen LogP contribution >= 0.6 is 11.8 Å². The quantitative estimate of drug-likeness (QED) is 0.0591. The molecule has 0 radical (unpaired) electrons. The number of esters is 1. The number of hydrogen-bond donors (Lipinski definition) is 4. The maximum absolute atomic E-state index is 13.8. The van der Waals surface area contributed by atoms with Crippen LogP contribution < -0.4 is 16.4 Å². The number of benzene rings is 4. The summed E-state index contributed by atoms with van der Waals surface area (Å²) < 4.78 is 35.6. The van der Waals surface area contributed by atoms with Gasteiger partial charge < -0.3 is 26.0 Å². The molecule has 0 unspecified atom stereocenters. The maximum Gasteiger partial charge on any atom is 0.355 e. The molecule has 2 fully saturated rings. The lowest BCUT2D eigenvalue weighted by Gasteiger charge is -2.48. The van der Waals surface area contributed by atoms with E-state index < -0.39 is 69.3 Å². The molecule has 60 heavy (non-hydrogen) atoms. The minimum atomic E-state index is -4.02. The van der Waals surface area contributed by atoms with Gasteiger partial charge in [-0.2, -0.15) is 8.42 Å². The number of hydrogen-bond acceptors (Lipinski definition) is 11. The average Bonchev–Trinajstić information content (AvgIpc) is 3.25. The molecule has 3 heterocycles. The van der Waals surface area contributed by atoms with E-state index in [1.165, 1.54) is 33.7 Å². The molecule has 0 spiro atoms. The number of amides is 6. The predicted octanol–water partition coefficient (Wildman–Crippen LogP) is 3.57. The van der Waals surface area contributed by atoms with Crippen molar-refractivity contribution in [1.82, 2.24) is 25.3 Å². The number of fused-ring (bicyclic) bond motifs is 1. The lowest BCUT2D eigenvalue weighted by molar-refractivity contribution is -0.154. The van der Waals surface area contributed by atoms with Gasteiger partial charge in [0.15, 0.2) is 6.10 Å². The first-order valence-electron chi connectivity index (χ1n) is 18.7. The standard InChI is InChI=1S/C35H34N6O7S.C7H8O3S/c1-2-39-18-19-40(32(45)31(39)44)35(47)38-26(21-13-15-24(36)16-14-21)29(42)37-27-30(43)41-25(17-20-49-33(27)41)34(46)48-28(22-9-5-3-6-10-22)23-11-7-4-8-12-23;1-6-2-4-7(5-3-6)11(8,9)10/h3-17,26-28,33H,2,18-20,36H2,1H3,(H,37,42)(H,38,47);2-5H,1H3,(H,8,9,10)/t26-,27-,33+;/m1./s1. The fraction of sp³-hybridized carbons (Fsp3) is 0.238. The minimum absolute atomic E-state index is 0.0459. The first-order valence-corrected chi connectivity index (χ1v) is 21.2. The van der Waals surface area contributed by atoms with Crippen molar-refractivity contribution in [2.45, 2.75) is 42.3 Å². The Kier molecular flexibility index (Phi) is 13.4. The summed E-state index contributed by atoms with van der Waals surface area (Å²) in [5, 5.41) is 4.66. The molecule has 7 rings (SSSR count).